The van der Waals surface area contributed by atoms with Gasteiger partial charge in [-0.1, -0.05) is 13.8 Å². The fourth-order valence-corrected chi connectivity index (χ4v) is 1.77. The predicted octanol–water partition coefficient (Wildman–Crippen LogP) is 2.67. The molecule has 0 heterocycles. The number of halogens is 2. The molecule has 0 aliphatic carbocycles. The molecule has 1 aromatic rings. The number of benzene rings is 1. The summed E-state index contributed by atoms with van der Waals surface area (Å²) < 4.78 is 31.3. The molecule has 0 aliphatic rings. The van der Waals surface area contributed by atoms with Gasteiger partial charge in [-0.2, -0.15) is 0 Å². The third kappa shape index (κ3) is 2.50. The fraction of sp³-hybridized carbons (Fsp3) is 0.500. The molecule has 1 rings (SSSR count). The van der Waals surface area contributed by atoms with E-state index >= 15 is 0 Å². The van der Waals surface area contributed by atoms with Gasteiger partial charge < -0.3 is 10.5 Å². The fourth-order valence-electron chi connectivity index (χ4n) is 1.77. The molecule has 0 fully saturated rings. The summed E-state index contributed by atoms with van der Waals surface area (Å²) in [5.41, 5.74) is 6.27. The van der Waals surface area contributed by atoms with E-state index in [-0.39, 0.29) is 11.8 Å². The van der Waals surface area contributed by atoms with E-state index in [1.807, 2.05) is 13.8 Å². The topological polar surface area (TPSA) is 35.2 Å². The van der Waals surface area contributed by atoms with Crippen molar-refractivity contribution >= 4 is 0 Å². The maximum absolute atomic E-state index is 13.2. The molecular weight excluding hydrogens is 212 g/mol. The van der Waals surface area contributed by atoms with Crippen molar-refractivity contribution in [2.75, 3.05) is 13.7 Å². The highest BCUT2D eigenvalue weighted by atomic mass is 19.2. The smallest absolute Gasteiger partial charge is 0.162 e. The van der Waals surface area contributed by atoms with Crippen molar-refractivity contribution in [3.05, 3.63) is 29.3 Å². The predicted molar refractivity (Wildman–Crippen MR) is 59.5 cm³/mol. The quantitative estimate of drug-likeness (QED) is 0.861. The first-order valence-electron chi connectivity index (χ1n) is 5.24. The van der Waals surface area contributed by atoms with Crippen LogP contribution in [0.3, 0.4) is 0 Å². The highest BCUT2D eigenvalue weighted by Gasteiger charge is 2.20. The average Bonchev–Trinajstić information content (AvgIpc) is 2.23. The highest BCUT2D eigenvalue weighted by Crippen LogP contribution is 2.32. The van der Waals surface area contributed by atoms with Crippen molar-refractivity contribution in [2.45, 2.75) is 19.8 Å². The van der Waals surface area contributed by atoms with Crippen LogP contribution in [0, 0.1) is 17.6 Å². The van der Waals surface area contributed by atoms with Crippen LogP contribution in [0.5, 0.6) is 5.75 Å². The van der Waals surface area contributed by atoms with Crippen LogP contribution in [0.15, 0.2) is 12.1 Å². The zero-order valence-corrected chi connectivity index (χ0v) is 9.76. The zero-order valence-electron chi connectivity index (χ0n) is 9.76. The van der Waals surface area contributed by atoms with E-state index in [0.717, 1.165) is 6.07 Å². The van der Waals surface area contributed by atoms with Crippen LogP contribution in [-0.2, 0) is 0 Å². The van der Waals surface area contributed by atoms with Gasteiger partial charge in [0.05, 0.1) is 7.11 Å². The molecule has 0 aliphatic heterocycles. The van der Waals surface area contributed by atoms with Crippen molar-refractivity contribution < 1.29 is 13.5 Å². The Hall–Kier alpha value is -1.16. The van der Waals surface area contributed by atoms with E-state index in [2.05, 4.69) is 0 Å². The molecular formula is C12H17F2NO. The Morgan fingerprint density at radius 1 is 1.25 bits per heavy atom. The van der Waals surface area contributed by atoms with Gasteiger partial charge in [-0.25, -0.2) is 8.78 Å². The molecule has 0 saturated carbocycles. The van der Waals surface area contributed by atoms with E-state index in [0.29, 0.717) is 17.9 Å². The van der Waals surface area contributed by atoms with Gasteiger partial charge in [-0.3, -0.25) is 0 Å². The number of methoxy groups -OCH3 is 1. The first kappa shape index (κ1) is 12.9. The molecule has 1 atom stereocenters. The number of nitrogens with two attached hydrogens (primary N) is 1. The molecule has 0 amide bonds. The third-order valence-electron chi connectivity index (χ3n) is 2.73. The third-order valence-corrected chi connectivity index (χ3v) is 2.73. The zero-order chi connectivity index (χ0) is 12.3. The van der Waals surface area contributed by atoms with Crippen molar-refractivity contribution in [2.24, 2.45) is 11.7 Å². The van der Waals surface area contributed by atoms with Gasteiger partial charge in [-0.15, -0.1) is 0 Å². The minimum absolute atomic E-state index is 0.0370. The van der Waals surface area contributed by atoms with Crippen LogP contribution >= 0.6 is 0 Å². The Bertz CT molecular complexity index is 366. The van der Waals surface area contributed by atoms with Gasteiger partial charge in [0.1, 0.15) is 5.75 Å². The van der Waals surface area contributed by atoms with Gasteiger partial charge in [0.15, 0.2) is 11.6 Å². The number of hydrogen-bond acceptors (Lipinski definition) is 2. The summed E-state index contributed by atoms with van der Waals surface area (Å²) in [6.07, 6.45) is 0. The monoisotopic (exact) mass is 229 g/mol. The summed E-state index contributed by atoms with van der Waals surface area (Å²) in [5, 5.41) is 0. The number of hydrogen-bond donors (Lipinski definition) is 1. The van der Waals surface area contributed by atoms with Crippen molar-refractivity contribution in [1.29, 1.82) is 0 Å². The number of ether oxygens (including phenoxy) is 1. The molecule has 90 valence electrons. The van der Waals surface area contributed by atoms with Gasteiger partial charge in [0.25, 0.3) is 0 Å². The van der Waals surface area contributed by atoms with Gasteiger partial charge in [-0.05, 0) is 18.5 Å². The largest absolute Gasteiger partial charge is 0.496 e. The lowest BCUT2D eigenvalue weighted by atomic mass is 9.88. The minimum Gasteiger partial charge on any atom is -0.496 e. The molecule has 2 nitrogen and oxygen atoms in total. The second kappa shape index (κ2) is 5.25. The normalized spacial score (nSPS) is 12.9. The standard InChI is InChI=1S/C12H17F2NO/c1-7(2)9(6-15)8-4-10(13)11(14)5-12(8)16-3/h4-5,7,9H,6,15H2,1-3H3. The molecule has 0 spiro atoms. The first-order valence-corrected chi connectivity index (χ1v) is 5.24. The summed E-state index contributed by atoms with van der Waals surface area (Å²) in [6.45, 7) is 4.34. The second-order valence-electron chi connectivity index (χ2n) is 4.09. The van der Waals surface area contributed by atoms with E-state index < -0.39 is 11.6 Å². The Morgan fingerprint density at radius 3 is 2.25 bits per heavy atom. The molecule has 1 unspecified atom stereocenters. The molecule has 0 bridgehead atoms. The first-order chi connectivity index (χ1) is 7.51. The Labute approximate surface area is 94.4 Å². The molecule has 2 N–H and O–H groups in total. The lowest BCUT2D eigenvalue weighted by Gasteiger charge is -2.21. The van der Waals surface area contributed by atoms with Crippen LogP contribution < -0.4 is 10.5 Å². The summed E-state index contributed by atoms with van der Waals surface area (Å²) in [5.74, 6) is -1.22. The average molecular weight is 229 g/mol. The van der Waals surface area contributed by atoms with Crippen molar-refractivity contribution in [3.63, 3.8) is 0 Å². The van der Waals surface area contributed by atoms with Crippen LogP contribution in [0.4, 0.5) is 8.78 Å². The SMILES string of the molecule is COc1cc(F)c(F)cc1C(CN)C(C)C. The summed E-state index contributed by atoms with van der Waals surface area (Å²) in [4.78, 5) is 0. The van der Waals surface area contributed by atoms with E-state index in [1.165, 1.54) is 13.2 Å². The van der Waals surface area contributed by atoms with Crippen LogP contribution in [0.25, 0.3) is 0 Å². The van der Waals surface area contributed by atoms with Crippen molar-refractivity contribution in [1.82, 2.24) is 0 Å². The Morgan fingerprint density at radius 2 is 1.81 bits per heavy atom. The molecule has 16 heavy (non-hydrogen) atoms. The molecule has 0 aromatic heterocycles. The van der Waals surface area contributed by atoms with Crippen LogP contribution in [-0.4, -0.2) is 13.7 Å². The summed E-state index contributed by atoms with van der Waals surface area (Å²) >= 11 is 0. The van der Waals surface area contributed by atoms with E-state index in [1.54, 1.807) is 0 Å². The molecule has 1 aromatic carbocycles. The van der Waals surface area contributed by atoms with E-state index in [9.17, 15) is 8.78 Å². The minimum atomic E-state index is -0.903. The van der Waals surface area contributed by atoms with Gasteiger partial charge in [0, 0.05) is 17.5 Å². The number of rotatable bonds is 4. The van der Waals surface area contributed by atoms with Gasteiger partial charge >= 0.3 is 0 Å². The van der Waals surface area contributed by atoms with E-state index in [4.69, 9.17) is 10.5 Å². The lowest BCUT2D eigenvalue weighted by Crippen LogP contribution is -2.19. The maximum atomic E-state index is 13.2. The molecule has 0 saturated heterocycles. The summed E-state index contributed by atoms with van der Waals surface area (Å²) in [7, 11) is 1.43. The summed E-state index contributed by atoms with van der Waals surface area (Å²) in [6, 6.07) is 2.24. The van der Waals surface area contributed by atoms with Gasteiger partial charge in [0.2, 0.25) is 0 Å². The molecule has 4 heteroatoms. The van der Waals surface area contributed by atoms with Crippen molar-refractivity contribution in [3.8, 4) is 5.75 Å². The highest BCUT2D eigenvalue weighted by molar-refractivity contribution is 5.38. The maximum Gasteiger partial charge on any atom is 0.162 e. The molecule has 0 radical (unpaired) electrons. The van der Waals surface area contributed by atoms with Crippen LogP contribution in [0.1, 0.15) is 25.3 Å². The lowest BCUT2D eigenvalue weighted by molar-refractivity contribution is 0.386. The Kier molecular flexibility index (Phi) is 4.24. The van der Waals surface area contributed by atoms with Crippen LogP contribution in [0.2, 0.25) is 0 Å². The second-order valence-corrected chi connectivity index (χ2v) is 4.09. The Balaban J connectivity index is 3.24.